The molecule has 2 fully saturated rings. The van der Waals surface area contributed by atoms with E-state index in [4.69, 9.17) is 14.5 Å². The quantitative estimate of drug-likeness (QED) is 0.532. The van der Waals surface area contributed by atoms with Crippen LogP contribution in [0.4, 0.5) is 0 Å². The van der Waals surface area contributed by atoms with Crippen molar-refractivity contribution in [2.45, 2.75) is 44.9 Å². The van der Waals surface area contributed by atoms with E-state index in [1.54, 1.807) is 19.1 Å². The van der Waals surface area contributed by atoms with Crippen LogP contribution >= 0.6 is 0 Å². The summed E-state index contributed by atoms with van der Waals surface area (Å²) in [4.78, 5) is 22.0. The molecule has 1 atom stereocenters. The Hall–Kier alpha value is -2.44. The maximum atomic E-state index is 12.9. The fourth-order valence-corrected chi connectivity index (χ4v) is 4.91. The number of nitrogens with zero attached hydrogens (tertiary/aromatic N) is 3. The van der Waals surface area contributed by atoms with Crippen LogP contribution < -0.4 is 14.8 Å². The lowest BCUT2D eigenvalue weighted by molar-refractivity contribution is -0.138. The smallest absolute Gasteiger partial charge is 0.230 e. The van der Waals surface area contributed by atoms with E-state index < -0.39 is 0 Å². The number of carbonyl (C=O) groups is 1. The summed E-state index contributed by atoms with van der Waals surface area (Å²) in [5.74, 6) is 3.15. The molecule has 1 heterocycles. The van der Waals surface area contributed by atoms with Gasteiger partial charge in [0.1, 0.15) is 11.5 Å². The highest BCUT2D eigenvalue weighted by Gasteiger charge is 2.42. The highest BCUT2D eigenvalue weighted by molar-refractivity contribution is 5.84. The van der Waals surface area contributed by atoms with Crippen LogP contribution in [0.2, 0.25) is 0 Å². The SMILES string of the molecule is CCNC(=NCC1(C(=O)N(C)C)CCCC1)N1CCC(c2cc(OC)cc(OC)c2)C1. The summed E-state index contributed by atoms with van der Waals surface area (Å²) in [5.41, 5.74) is 0.883. The number of carbonyl (C=O) groups excluding carboxylic acids is 1. The third-order valence-corrected chi connectivity index (χ3v) is 6.62. The molecule has 1 amide bonds. The molecule has 0 radical (unpaired) electrons. The van der Waals surface area contributed by atoms with Gasteiger partial charge in [0.25, 0.3) is 0 Å². The first-order chi connectivity index (χ1) is 14.9. The van der Waals surface area contributed by atoms with Gasteiger partial charge in [-0.05, 0) is 43.9 Å². The van der Waals surface area contributed by atoms with Crippen molar-refractivity contribution in [1.29, 1.82) is 0 Å². The second kappa shape index (κ2) is 10.2. The Bertz CT molecular complexity index is 765. The highest BCUT2D eigenvalue weighted by atomic mass is 16.5. The van der Waals surface area contributed by atoms with Crippen molar-refractivity contribution in [3.05, 3.63) is 23.8 Å². The molecule has 172 valence electrons. The maximum absolute atomic E-state index is 12.9. The van der Waals surface area contributed by atoms with Gasteiger partial charge < -0.3 is 24.6 Å². The highest BCUT2D eigenvalue weighted by Crippen LogP contribution is 2.40. The molecule has 0 aromatic heterocycles. The van der Waals surface area contributed by atoms with Crippen molar-refractivity contribution in [2.24, 2.45) is 10.4 Å². The minimum absolute atomic E-state index is 0.215. The van der Waals surface area contributed by atoms with Crippen LogP contribution in [0, 0.1) is 5.41 Å². The summed E-state index contributed by atoms with van der Waals surface area (Å²) in [6.07, 6.45) is 5.12. The Kier molecular flexibility index (Phi) is 7.68. The summed E-state index contributed by atoms with van der Waals surface area (Å²) < 4.78 is 10.9. The van der Waals surface area contributed by atoms with Gasteiger partial charge in [-0.25, -0.2) is 0 Å². The van der Waals surface area contributed by atoms with E-state index in [-0.39, 0.29) is 11.3 Å². The van der Waals surface area contributed by atoms with E-state index in [2.05, 4.69) is 29.3 Å². The standard InChI is InChI=1S/C24H38N4O3/c1-6-25-23(26-17-24(10-7-8-11-24)22(29)27(2)3)28-12-9-18(16-28)19-13-20(30-4)15-21(14-19)31-5/h13-15,18H,6-12,16-17H2,1-5H3,(H,25,26). The summed E-state index contributed by atoms with van der Waals surface area (Å²) in [7, 11) is 7.07. The first-order valence-electron chi connectivity index (χ1n) is 11.4. The molecule has 0 bridgehead atoms. The minimum atomic E-state index is -0.344. The van der Waals surface area contributed by atoms with Crippen molar-refractivity contribution < 1.29 is 14.3 Å². The van der Waals surface area contributed by atoms with Gasteiger partial charge in [-0.15, -0.1) is 0 Å². The predicted molar refractivity (Wildman–Crippen MR) is 124 cm³/mol. The lowest BCUT2D eigenvalue weighted by Crippen LogP contribution is -2.44. The molecule has 1 unspecified atom stereocenters. The molecule has 1 saturated carbocycles. The fourth-order valence-electron chi connectivity index (χ4n) is 4.91. The minimum Gasteiger partial charge on any atom is -0.497 e. The van der Waals surface area contributed by atoms with Gasteiger partial charge in [0.15, 0.2) is 5.96 Å². The molecule has 1 aromatic carbocycles. The Morgan fingerprint density at radius 3 is 2.39 bits per heavy atom. The van der Waals surface area contributed by atoms with Crippen molar-refractivity contribution in [3.63, 3.8) is 0 Å². The second-order valence-electron chi connectivity index (χ2n) is 8.93. The number of benzene rings is 1. The number of hydrogen-bond donors (Lipinski definition) is 1. The van der Waals surface area contributed by atoms with Crippen molar-refractivity contribution in [3.8, 4) is 11.5 Å². The Labute approximate surface area is 186 Å². The number of rotatable bonds is 7. The summed E-state index contributed by atoms with van der Waals surface area (Å²) in [6.45, 7) is 5.27. The van der Waals surface area contributed by atoms with Gasteiger partial charge in [-0.3, -0.25) is 9.79 Å². The van der Waals surface area contributed by atoms with E-state index in [0.717, 1.165) is 69.2 Å². The van der Waals surface area contributed by atoms with Crippen molar-refractivity contribution in [2.75, 3.05) is 54.5 Å². The van der Waals surface area contributed by atoms with E-state index in [0.29, 0.717) is 12.5 Å². The Morgan fingerprint density at radius 2 is 1.84 bits per heavy atom. The Balaban J connectivity index is 1.76. The number of amides is 1. The number of hydrogen-bond acceptors (Lipinski definition) is 4. The normalized spacial score (nSPS) is 20.6. The summed E-state index contributed by atoms with van der Waals surface area (Å²) in [6, 6.07) is 6.11. The monoisotopic (exact) mass is 430 g/mol. The van der Waals surface area contributed by atoms with E-state index >= 15 is 0 Å². The van der Waals surface area contributed by atoms with Crippen LogP contribution in [0.15, 0.2) is 23.2 Å². The Morgan fingerprint density at radius 1 is 1.19 bits per heavy atom. The molecule has 1 aliphatic carbocycles. The summed E-state index contributed by atoms with van der Waals surface area (Å²) in [5, 5.41) is 3.45. The first kappa shape index (κ1) is 23.2. The lowest BCUT2D eigenvalue weighted by atomic mass is 9.85. The molecule has 7 nitrogen and oxygen atoms in total. The molecule has 31 heavy (non-hydrogen) atoms. The zero-order valence-corrected chi connectivity index (χ0v) is 19.7. The third-order valence-electron chi connectivity index (χ3n) is 6.62. The average Bonchev–Trinajstić information content (AvgIpc) is 3.46. The molecule has 1 aromatic rings. The third kappa shape index (κ3) is 5.25. The molecule has 0 spiro atoms. The number of methoxy groups -OCH3 is 2. The van der Waals surface area contributed by atoms with Crippen LogP contribution in [-0.2, 0) is 4.79 Å². The molecular weight excluding hydrogens is 392 g/mol. The summed E-state index contributed by atoms with van der Waals surface area (Å²) >= 11 is 0. The van der Waals surface area contributed by atoms with Crippen LogP contribution in [0.3, 0.4) is 0 Å². The number of guanidine groups is 1. The largest absolute Gasteiger partial charge is 0.497 e. The van der Waals surface area contributed by atoms with Crippen LogP contribution in [-0.4, -0.2) is 76.2 Å². The van der Waals surface area contributed by atoms with E-state index in [9.17, 15) is 4.79 Å². The molecule has 1 aliphatic heterocycles. The van der Waals surface area contributed by atoms with Crippen molar-refractivity contribution >= 4 is 11.9 Å². The zero-order chi connectivity index (χ0) is 22.4. The van der Waals surface area contributed by atoms with Gasteiger partial charge in [-0.2, -0.15) is 0 Å². The van der Waals surface area contributed by atoms with Crippen molar-refractivity contribution in [1.82, 2.24) is 15.1 Å². The van der Waals surface area contributed by atoms with Gasteiger partial charge in [0.2, 0.25) is 5.91 Å². The van der Waals surface area contributed by atoms with Crippen LogP contribution in [0.5, 0.6) is 11.5 Å². The van der Waals surface area contributed by atoms with Gasteiger partial charge in [-0.1, -0.05) is 12.8 Å². The number of aliphatic imine (C=N–C) groups is 1. The molecule has 1 saturated heterocycles. The number of nitrogens with one attached hydrogen (secondary N) is 1. The second-order valence-corrected chi connectivity index (χ2v) is 8.93. The molecule has 7 heteroatoms. The van der Waals surface area contributed by atoms with Gasteiger partial charge in [0.05, 0.1) is 26.2 Å². The molecule has 2 aliphatic rings. The van der Waals surface area contributed by atoms with Gasteiger partial charge >= 0.3 is 0 Å². The molecule has 3 rings (SSSR count). The van der Waals surface area contributed by atoms with Crippen LogP contribution in [0.1, 0.15) is 50.5 Å². The average molecular weight is 431 g/mol. The van der Waals surface area contributed by atoms with E-state index in [1.807, 2.05) is 20.2 Å². The maximum Gasteiger partial charge on any atom is 0.230 e. The fraction of sp³-hybridized carbons (Fsp3) is 0.667. The van der Waals surface area contributed by atoms with E-state index in [1.165, 1.54) is 5.56 Å². The number of likely N-dealkylation sites (tertiary alicyclic amines) is 1. The zero-order valence-electron chi connectivity index (χ0n) is 19.7. The first-order valence-corrected chi connectivity index (χ1v) is 11.4. The molecular formula is C24H38N4O3. The molecule has 1 N–H and O–H groups in total. The number of ether oxygens (including phenoxy) is 2. The topological polar surface area (TPSA) is 66.4 Å². The van der Waals surface area contributed by atoms with Crippen LogP contribution in [0.25, 0.3) is 0 Å². The lowest BCUT2D eigenvalue weighted by Gasteiger charge is -2.30. The predicted octanol–water partition coefficient (Wildman–Crippen LogP) is 3.11. The van der Waals surface area contributed by atoms with Gasteiger partial charge in [0, 0.05) is 45.7 Å².